The fourth-order valence-corrected chi connectivity index (χ4v) is 2.46. The molecule has 2 heterocycles. The second-order valence-corrected chi connectivity index (χ2v) is 5.04. The Morgan fingerprint density at radius 1 is 1.68 bits per heavy atom. The quantitative estimate of drug-likeness (QED) is 0.647. The number of H-pyrrole nitrogens is 1. The number of carbonyl (C=O) groups is 1. The fraction of sp³-hybridized carbons (Fsp3) is 0.333. The van der Waals surface area contributed by atoms with E-state index in [0.29, 0.717) is 11.3 Å². The Morgan fingerprint density at radius 2 is 2.47 bits per heavy atom. The van der Waals surface area contributed by atoms with Gasteiger partial charge in [-0.1, -0.05) is 0 Å². The first kappa shape index (κ1) is 13.4. The third-order valence-corrected chi connectivity index (χ3v) is 3.68. The number of nitrogens with one attached hydrogen (secondary N) is 1. The van der Waals surface area contributed by atoms with E-state index in [-0.39, 0.29) is 17.1 Å². The molecule has 1 aromatic rings. The number of aryl methyl sites for hydroxylation is 1. The lowest BCUT2D eigenvalue weighted by Gasteiger charge is -2.11. The molecule has 1 aliphatic rings. The summed E-state index contributed by atoms with van der Waals surface area (Å²) in [6.07, 6.45) is 1.71. The lowest BCUT2D eigenvalue weighted by atomic mass is 10.1. The first-order valence-corrected chi connectivity index (χ1v) is 6.63. The Labute approximate surface area is 114 Å². The summed E-state index contributed by atoms with van der Waals surface area (Å²) in [5, 5.41) is 8.81. The molecule has 0 fully saturated rings. The highest BCUT2D eigenvalue weighted by Crippen LogP contribution is 2.14. The van der Waals surface area contributed by atoms with E-state index in [1.165, 1.54) is 18.0 Å². The van der Waals surface area contributed by atoms with E-state index in [1.54, 1.807) is 19.3 Å². The molecule has 0 atom stereocenters. The Kier molecular flexibility index (Phi) is 4.02. The molecule has 1 N–H and O–H groups in total. The average molecular weight is 276 g/mol. The number of aromatic amines is 1. The molecule has 98 valence electrons. The van der Waals surface area contributed by atoms with Gasteiger partial charge in [-0.2, -0.15) is 5.26 Å². The fourth-order valence-electron chi connectivity index (χ4n) is 1.68. The number of nitriles is 1. The lowest BCUT2D eigenvalue weighted by molar-refractivity contribution is 0.102. The maximum Gasteiger partial charge on any atom is 0.266 e. The first-order chi connectivity index (χ1) is 9.11. The molecule has 2 rings (SSSR count). The predicted molar refractivity (Wildman–Crippen MR) is 73.4 cm³/mol. The van der Waals surface area contributed by atoms with Gasteiger partial charge in [-0.3, -0.25) is 14.6 Å². The van der Waals surface area contributed by atoms with Crippen molar-refractivity contribution in [1.29, 1.82) is 5.26 Å². The normalized spacial score (nSPS) is 13.6. The van der Waals surface area contributed by atoms with Gasteiger partial charge in [-0.25, -0.2) is 0 Å². The van der Waals surface area contributed by atoms with Gasteiger partial charge in [-0.15, -0.1) is 0 Å². The average Bonchev–Trinajstić information content (AvgIpc) is 2.89. The minimum Gasteiger partial charge on any atom is -0.325 e. The molecule has 0 aromatic carbocycles. The molecule has 0 spiro atoms. The van der Waals surface area contributed by atoms with Crippen LogP contribution in [0.3, 0.4) is 0 Å². The van der Waals surface area contributed by atoms with Gasteiger partial charge in [0, 0.05) is 11.3 Å². The number of aromatic nitrogens is 1. The van der Waals surface area contributed by atoms with Crippen molar-refractivity contribution in [2.24, 2.45) is 4.99 Å². The number of hydrogen-bond acceptors (Lipinski definition) is 6. The second kappa shape index (κ2) is 5.71. The van der Waals surface area contributed by atoms with Crippen LogP contribution in [0.1, 0.15) is 21.6 Å². The summed E-state index contributed by atoms with van der Waals surface area (Å²) in [6, 6.07) is 3.14. The third kappa shape index (κ3) is 3.03. The summed E-state index contributed by atoms with van der Waals surface area (Å²) < 4.78 is 1.89. The first-order valence-electron chi connectivity index (χ1n) is 5.68. The number of carbonyl (C=O) groups excluding carboxylic acids is 1. The van der Waals surface area contributed by atoms with E-state index in [0.717, 1.165) is 13.1 Å². The third-order valence-electron chi connectivity index (χ3n) is 2.68. The van der Waals surface area contributed by atoms with Gasteiger partial charge in [0.25, 0.3) is 5.56 Å². The molecule has 19 heavy (non-hydrogen) atoms. The SMILES string of the molecule is Cc1[nH]c(=O)c(C#N)cc1C(=O)CSN1C=NCC1. The Balaban J connectivity index is 2.12. The Bertz CT molecular complexity index is 630. The van der Waals surface area contributed by atoms with Gasteiger partial charge in [0.1, 0.15) is 11.6 Å². The molecule has 7 heteroatoms. The number of ketones is 1. The number of aliphatic imine (C=N–C) groups is 1. The van der Waals surface area contributed by atoms with Crippen molar-refractivity contribution >= 4 is 24.1 Å². The van der Waals surface area contributed by atoms with Gasteiger partial charge >= 0.3 is 0 Å². The van der Waals surface area contributed by atoms with Crippen LogP contribution in [0.15, 0.2) is 15.9 Å². The summed E-state index contributed by atoms with van der Waals surface area (Å²) in [7, 11) is 0. The number of rotatable bonds is 4. The van der Waals surface area contributed by atoms with Gasteiger partial charge in [0.15, 0.2) is 5.78 Å². The van der Waals surface area contributed by atoms with Crippen LogP contribution in [0, 0.1) is 18.3 Å². The van der Waals surface area contributed by atoms with Crippen molar-refractivity contribution in [2.75, 3.05) is 18.8 Å². The van der Waals surface area contributed by atoms with Gasteiger partial charge < -0.3 is 9.29 Å². The molecule has 6 nitrogen and oxygen atoms in total. The van der Waals surface area contributed by atoms with Crippen LogP contribution in [-0.4, -0.2) is 40.3 Å². The molecular formula is C12H12N4O2S. The molecule has 1 aromatic heterocycles. The molecule has 0 saturated heterocycles. The van der Waals surface area contributed by atoms with Crippen LogP contribution in [0.5, 0.6) is 0 Å². The predicted octanol–water partition coefficient (Wildman–Crippen LogP) is 0.730. The van der Waals surface area contributed by atoms with Gasteiger partial charge in [0.05, 0.1) is 25.2 Å². The van der Waals surface area contributed by atoms with Crippen molar-refractivity contribution < 1.29 is 4.79 Å². The minimum atomic E-state index is -0.462. The van der Waals surface area contributed by atoms with E-state index >= 15 is 0 Å². The number of hydrogen-bond donors (Lipinski definition) is 1. The zero-order valence-electron chi connectivity index (χ0n) is 10.3. The largest absolute Gasteiger partial charge is 0.325 e. The van der Waals surface area contributed by atoms with Crippen LogP contribution in [0.25, 0.3) is 0 Å². The van der Waals surface area contributed by atoms with Crippen molar-refractivity contribution in [1.82, 2.24) is 9.29 Å². The molecular weight excluding hydrogens is 264 g/mol. The van der Waals surface area contributed by atoms with Gasteiger partial charge in [-0.05, 0) is 24.9 Å². The molecule has 0 unspecified atom stereocenters. The van der Waals surface area contributed by atoms with E-state index in [2.05, 4.69) is 9.98 Å². The maximum atomic E-state index is 12.1. The van der Waals surface area contributed by atoms with Crippen molar-refractivity contribution in [3.63, 3.8) is 0 Å². The van der Waals surface area contributed by atoms with Crippen LogP contribution in [0.4, 0.5) is 0 Å². The number of Topliss-reactive ketones (excluding diaryl/α,β-unsaturated/α-hetero) is 1. The van der Waals surface area contributed by atoms with E-state index in [4.69, 9.17) is 5.26 Å². The van der Waals surface area contributed by atoms with Crippen LogP contribution >= 0.6 is 11.9 Å². The van der Waals surface area contributed by atoms with Crippen LogP contribution < -0.4 is 5.56 Å². The van der Waals surface area contributed by atoms with Crippen molar-refractivity contribution in [3.05, 3.63) is 33.2 Å². The van der Waals surface area contributed by atoms with Crippen molar-refractivity contribution in [2.45, 2.75) is 6.92 Å². The summed E-state index contributed by atoms with van der Waals surface area (Å²) in [4.78, 5) is 30.0. The summed E-state index contributed by atoms with van der Waals surface area (Å²) in [6.45, 7) is 3.20. The van der Waals surface area contributed by atoms with Crippen molar-refractivity contribution in [3.8, 4) is 6.07 Å². The maximum absolute atomic E-state index is 12.1. The monoisotopic (exact) mass is 276 g/mol. The topological polar surface area (TPSA) is 89.3 Å². The lowest BCUT2D eigenvalue weighted by Crippen LogP contribution is -2.19. The highest BCUT2D eigenvalue weighted by Gasteiger charge is 2.15. The molecule has 0 radical (unpaired) electrons. The zero-order valence-corrected chi connectivity index (χ0v) is 11.2. The number of nitrogens with zero attached hydrogens (tertiary/aromatic N) is 3. The highest BCUT2D eigenvalue weighted by molar-refractivity contribution is 7.98. The molecule has 1 aliphatic heterocycles. The van der Waals surface area contributed by atoms with Crippen LogP contribution in [0.2, 0.25) is 0 Å². The van der Waals surface area contributed by atoms with Gasteiger partial charge in [0.2, 0.25) is 0 Å². The Morgan fingerprint density at radius 3 is 3.11 bits per heavy atom. The number of pyridine rings is 1. The molecule has 0 bridgehead atoms. The second-order valence-electron chi connectivity index (χ2n) is 4.02. The van der Waals surface area contributed by atoms with Crippen LogP contribution in [-0.2, 0) is 0 Å². The molecule has 0 amide bonds. The smallest absolute Gasteiger partial charge is 0.266 e. The standard InChI is InChI=1S/C12H12N4O2S/c1-8-10(4-9(5-13)12(18)15-8)11(17)6-19-16-3-2-14-7-16/h4,7H,2-3,6H2,1H3,(H,15,18). The summed E-state index contributed by atoms with van der Waals surface area (Å²) >= 11 is 1.37. The van der Waals surface area contributed by atoms with E-state index < -0.39 is 5.56 Å². The molecule has 0 saturated carbocycles. The van der Waals surface area contributed by atoms with E-state index in [1.807, 2.05) is 4.31 Å². The summed E-state index contributed by atoms with van der Waals surface area (Å²) in [5.41, 5.74) is 0.377. The summed E-state index contributed by atoms with van der Waals surface area (Å²) in [5.74, 6) is 0.139. The molecule has 0 aliphatic carbocycles. The Hall–Kier alpha value is -2.07. The zero-order chi connectivity index (χ0) is 13.8. The highest BCUT2D eigenvalue weighted by atomic mass is 32.2. The van der Waals surface area contributed by atoms with E-state index in [9.17, 15) is 9.59 Å². The minimum absolute atomic E-state index is 0.0401.